The van der Waals surface area contributed by atoms with E-state index in [1.54, 1.807) is 0 Å². The largest absolute Gasteiger partial charge is 0.479 e. The molecule has 6 atom stereocenters. The Morgan fingerprint density at radius 3 is 1.32 bits per heavy atom. The summed E-state index contributed by atoms with van der Waals surface area (Å²) in [6.07, 6.45) is 46.5. The number of rotatable bonds is 50. The second kappa shape index (κ2) is 49.6. The van der Waals surface area contributed by atoms with Crippen LogP contribution in [0.3, 0.4) is 0 Å². The Bertz CT molecular complexity index is 1460. The number of aliphatic carboxylic acids is 1. The Morgan fingerprint density at radius 1 is 0.466 bits per heavy atom. The molecule has 0 bridgehead atoms. The predicted octanol–water partition coefficient (Wildman–Crippen LogP) is 15.0. The number of carbonyl (C=O) groups excluding carboxylic acids is 3. The van der Waals surface area contributed by atoms with Crippen molar-refractivity contribution in [1.82, 2.24) is 0 Å². The Morgan fingerprint density at radius 2 is 0.863 bits per heavy atom. The lowest BCUT2D eigenvalue weighted by Gasteiger charge is -2.40. The molecule has 0 aromatic rings. The van der Waals surface area contributed by atoms with Crippen LogP contribution in [-0.2, 0) is 42.9 Å². The van der Waals surface area contributed by atoms with Crippen LogP contribution in [0, 0.1) is 0 Å². The van der Waals surface area contributed by atoms with Crippen molar-refractivity contribution in [3.63, 3.8) is 0 Å². The highest BCUT2D eigenvalue weighted by Crippen LogP contribution is 2.26. The van der Waals surface area contributed by atoms with Crippen LogP contribution in [0.5, 0.6) is 0 Å². The molecule has 1 rings (SSSR count). The SMILES string of the molecule is CC/C=C\C/C=C\C/C=C\C/C=C\CCCCC(=O)OCC(COC1OC(C(=O)O)C(O)C(O)C1OC(=O)CCCCCCCCCCCCCCCCC)OC(=O)CCCCCCCCCCCCCCC. The summed E-state index contributed by atoms with van der Waals surface area (Å²) in [5, 5.41) is 31.5. The Labute approximate surface area is 443 Å². The molecule has 422 valence electrons. The maximum Gasteiger partial charge on any atom is 0.335 e. The summed E-state index contributed by atoms with van der Waals surface area (Å²) in [6, 6.07) is 0. The minimum absolute atomic E-state index is 0.0610. The fraction of sp³-hybridized carbons (Fsp3) is 0.803. The van der Waals surface area contributed by atoms with Gasteiger partial charge in [-0.1, -0.05) is 236 Å². The van der Waals surface area contributed by atoms with Gasteiger partial charge in [-0.05, 0) is 57.8 Å². The van der Waals surface area contributed by atoms with Crippen LogP contribution in [0.4, 0.5) is 0 Å². The monoisotopic (exact) mass is 1030 g/mol. The summed E-state index contributed by atoms with van der Waals surface area (Å²) in [4.78, 5) is 51.1. The minimum atomic E-state index is -1.90. The molecule has 12 nitrogen and oxygen atoms in total. The normalized spacial score (nSPS) is 18.6. The molecule has 73 heavy (non-hydrogen) atoms. The number of unbranched alkanes of at least 4 members (excludes halogenated alkanes) is 28. The van der Waals surface area contributed by atoms with Crippen molar-refractivity contribution >= 4 is 23.9 Å². The van der Waals surface area contributed by atoms with E-state index < -0.39 is 67.3 Å². The summed E-state index contributed by atoms with van der Waals surface area (Å²) in [6.45, 7) is 5.86. The number of carbonyl (C=O) groups is 4. The van der Waals surface area contributed by atoms with Crippen LogP contribution < -0.4 is 0 Å². The molecule has 3 N–H and O–H groups in total. The van der Waals surface area contributed by atoms with E-state index in [4.69, 9.17) is 23.7 Å². The number of hydrogen-bond donors (Lipinski definition) is 3. The van der Waals surface area contributed by atoms with E-state index in [9.17, 15) is 34.5 Å². The van der Waals surface area contributed by atoms with E-state index in [-0.39, 0.29) is 25.9 Å². The topological polar surface area (TPSA) is 175 Å². The van der Waals surface area contributed by atoms with E-state index >= 15 is 0 Å². The van der Waals surface area contributed by atoms with Crippen LogP contribution in [0.1, 0.15) is 265 Å². The van der Waals surface area contributed by atoms with Gasteiger partial charge in [0.15, 0.2) is 24.6 Å². The third-order valence-corrected chi connectivity index (χ3v) is 13.4. The van der Waals surface area contributed by atoms with Gasteiger partial charge in [0.05, 0.1) is 6.61 Å². The van der Waals surface area contributed by atoms with Gasteiger partial charge in [-0.25, -0.2) is 4.79 Å². The van der Waals surface area contributed by atoms with Gasteiger partial charge >= 0.3 is 23.9 Å². The first-order valence-corrected chi connectivity index (χ1v) is 29.6. The number of carboxylic acids is 1. The number of esters is 3. The number of aliphatic hydroxyl groups is 2. The molecule has 6 unspecified atom stereocenters. The van der Waals surface area contributed by atoms with Crippen molar-refractivity contribution in [3.8, 4) is 0 Å². The fourth-order valence-corrected chi connectivity index (χ4v) is 8.89. The summed E-state index contributed by atoms with van der Waals surface area (Å²) < 4.78 is 28.4. The number of carboxylic acid groups (broad SMARTS) is 1. The average molecular weight is 1030 g/mol. The number of aliphatic hydroxyl groups excluding tert-OH is 2. The minimum Gasteiger partial charge on any atom is -0.479 e. The summed E-state index contributed by atoms with van der Waals surface area (Å²) in [5.74, 6) is -3.15. The lowest BCUT2D eigenvalue weighted by atomic mass is 9.98. The van der Waals surface area contributed by atoms with Gasteiger partial charge in [0, 0.05) is 19.3 Å². The molecule has 0 amide bonds. The molecule has 1 aliphatic heterocycles. The van der Waals surface area contributed by atoms with Gasteiger partial charge in [-0.3, -0.25) is 14.4 Å². The zero-order valence-corrected chi connectivity index (χ0v) is 46.4. The van der Waals surface area contributed by atoms with E-state index in [2.05, 4.69) is 69.4 Å². The molecule has 1 fully saturated rings. The van der Waals surface area contributed by atoms with Gasteiger partial charge in [0.2, 0.25) is 0 Å². The highest BCUT2D eigenvalue weighted by atomic mass is 16.7. The zero-order chi connectivity index (χ0) is 53.3. The molecule has 0 saturated carbocycles. The predicted molar refractivity (Wildman–Crippen MR) is 294 cm³/mol. The van der Waals surface area contributed by atoms with Gasteiger partial charge < -0.3 is 39.0 Å². The fourth-order valence-electron chi connectivity index (χ4n) is 8.89. The van der Waals surface area contributed by atoms with Gasteiger partial charge in [-0.15, -0.1) is 0 Å². The molecule has 0 aromatic carbocycles. The van der Waals surface area contributed by atoms with Crippen LogP contribution >= 0.6 is 0 Å². The van der Waals surface area contributed by atoms with Crippen LogP contribution in [0.2, 0.25) is 0 Å². The molecule has 1 aliphatic rings. The van der Waals surface area contributed by atoms with Crippen molar-refractivity contribution in [3.05, 3.63) is 48.6 Å². The standard InChI is InChI=1S/C61H106O12/c1-4-7-10-13-16-19-22-25-27-30-32-35-38-41-44-47-53(62)69-50-52(71-54(63)48-45-42-39-36-33-29-24-21-18-15-12-9-6-3)51-70-61-59(57(66)56(65)58(73-61)60(67)68)72-55(64)49-46-43-40-37-34-31-28-26-23-20-17-14-11-8-5-2/h7,10,16,19,25,27,32,35,52,56-59,61,65-66H,4-6,8-9,11-15,17-18,20-24,26,28-31,33-34,36-51H2,1-3H3,(H,67,68)/b10-7-,19-16-,27-25-,35-32-. The average Bonchev–Trinajstić information content (AvgIpc) is 3.37. The van der Waals surface area contributed by atoms with Gasteiger partial charge in [0.1, 0.15) is 18.8 Å². The maximum absolute atomic E-state index is 13.1. The molecule has 0 spiro atoms. The first kappa shape index (κ1) is 67.7. The number of allylic oxidation sites excluding steroid dienone is 8. The van der Waals surface area contributed by atoms with Crippen molar-refractivity contribution in [2.75, 3.05) is 13.2 Å². The Kier molecular flexibility index (Phi) is 45.9. The molecule has 0 aromatic heterocycles. The van der Waals surface area contributed by atoms with Crippen molar-refractivity contribution in [2.45, 2.75) is 302 Å². The number of ether oxygens (including phenoxy) is 5. The second-order valence-corrected chi connectivity index (χ2v) is 20.3. The van der Waals surface area contributed by atoms with E-state index in [1.807, 2.05) is 0 Å². The molecular formula is C61H106O12. The molecule has 0 aliphatic carbocycles. The van der Waals surface area contributed by atoms with E-state index in [0.717, 1.165) is 83.5 Å². The first-order valence-electron chi connectivity index (χ1n) is 29.6. The molecule has 0 radical (unpaired) electrons. The van der Waals surface area contributed by atoms with Gasteiger partial charge in [-0.2, -0.15) is 0 Å². The molecular weight excluding hydrogens is 925 g/mol. The third-order valence-electron chi connectivity index (χ3n) is 13.4. The summed E-state index contributed by atoms with van der Waals surface area (Å²) >= 11 is 0. The summed E-state index contributed by atoms with van der Waals surface area (Å²) in [7, 11) is 0. The smallest absolute Gasteiger partial charge is 0.335 e. The van der Waals surface area contributed by atoms with Crippen LogP contribution in [-0.4, -0.2) is 89.2 Å². The van der Waals surface area contributed by atoms with Crippen LogP contribution in [0.25, 0.3) is 0 Å². The highest BCUT2D eigenvalue weighted by Gasteiger charge is 2.50. The molecule has 12 heteroatoms. The zero-order valence-electron chi connectivity index (χ0n) is 46.4. The van der Waals surface area contributed by atoms with Crippen molar-refractivity contribution in [1.29, 1.82) is 0 Å². The maximum atomic E-state index is 13.1. The third kappa shape index (κ3) is 39.7. The second-order valence-electron chi connectivity index (χ2n) is 20.3. The lowest BCUT2D eigenvalue weighted by molar-refractivity contribution is -0.301. The van der Waals surface area contributed by atoms with E-state index in [1.165, 1.54) is 122 Å². The summed E-state index contributed by atoms with van der Waals surface area (Å²) in [5.41, 5.74) is 0. The van der Waals surface area contributed by atoms with Crippen molar-refractivity contribution in [2.24, 2.45) is 0 Å². The Hall–Kier alpha value is -3.32. The van der Waals surface area contributed by atoms with E-state index in [0.29, 0.717) is 19.3 Å². The molecule has 1 saturated heterocycles. The Balaban J connectivity index is 2.71. The first-order chi connectivity index (χ1) is 35.6. The van der Waals surface area contributed by atoms with Crippen molar-refractivity contribution < 1.29 is 58.2 Å². The number of hydrogen-bond acceptors (Lipinski definition) is 11. The van der Waals surface area contributed by atoms with Crippen LogP contribution in [0.15, 0.2) is 48.6 Å². The highest BCUT2D eigenvalue weighted by molar-refractivity contribution is 5.74. The molecule has 1 heterocycles. The lowest BCUT2D eigenvalue weighted by Crippen LogP contribution is -2.61. The quantitative estimate of drug-likeness (QED) is 0.0228. The van der Waals surface area contributed by atoms with Gasteiger partial charge in [0.25, 0.3) is 0 Å².